The molecule has 1 aromatic rings. The van der Waals surface area contributed by atoms with Crippen molar-refractivity contribution < 1.29 is 14.3 Å². The van der Waals surface area contributed by atoms with Gasteiger partial charge in [0.15, 0.2) is 0 Å². The first kappa shape index (κ1) is 15.7. The van der Waals surface area contributed by atoms with Crippen LogP contribution in [0.25, 0.3) is 0 Å². The summed E-state index contributed by atoms with van der Waals surface area (Å²) in [5.41, 5.74) is 0.752. The zero-order valence-corrected chi connectivity index (χ0v) is 13.4. The van der Waals surface area contributed by atoms with Crippen LogP contribution < -0.4 is 4.74 Å². The summed E-state index contributed by atoms with van der Waals surface area (Å²) in [5, 5.41) is 0. The van der Waals surface area contributed by atoms with Crippen LogP contribution in [0.2, 0.25) is 0 Å². The molecule has 1 heterocycles. The zero-order valence-electron chi connectivity index (χ0n) is 13.4. The Morgan fingerprint density at radius 3 is 2.81 bits per heavy atom. The van der Waals surface area contributed by atoms with Crippen LogP contribution in [0.3, 0.4) is 0 Å². The Kier molecular flexibility index (Phi) is 4.76. The van der Waals surface area contributed by atoms with Crippen LogP contribution in [0, 0.1) is 12.8 Å². The molecule has 1 fully saturated rings. The molecular weight excluding hydrogens is 266 g/mol. The number of likely N-dealkylation sites (tertiary alicyclic amines) is 1. The number of carbonyl (C=O) groups is 1. The molecule has 2 rings (SSSR count). The summed E-state index contributed by atoms with van der Waals surface area (Å²) in [6, 6.07) is 8.03. The van der Waals surface area contributed by atoms with Gasteiger partial charge in [0.2, 0.25) is 0 Å². The van der Waals surface area contributed by atoms with Crippen molar-refractivity contribution in [1.29, 1.82) is 0 Å². The number of amides is 1. The van der Waals surface area contributed by atoms with Crippen LogP contribution in [0.5, 0.6) is 5.75 Å². The van der Waals surface area contributed by atoms with Gasteiger partial charge in [-0.25, -0.2) is 4.79 Å². The molecule has 0 saturated carbocycles. The highest BCUT2D eigenvalue weighted by atomic mass is 16.6. The van der Waals surface area contributed by atoms with Crippen molar-refractivity contribution in [3.05, 3.63) is 29.8 Å². The molecule has 1 atom stereocenters. The number of ether oxygens (including phenoxy) is 2. The summed E-state index contributed by atoms with van der Waals surface area (Å²) in [6.45, 7) is 9.81. The van der Waals surface area contributed by atoms with Gasteiger partial charge < -0.3 is 14.4 Å². The van der Waals surface area contributed by atoms with E-state index < -0.39 is 5.60 Å². The zero-order chi connectivity index (χ0) is 15.5. The highest BCUT2D eigenvalue weighted by Crippen LogP contribution is 2.21. The number of nitrogens with zero attached hydrogens (tertiary/aromatic N) is 1. The van der Waals surface area contributed by atoms with Crippen molar-refractivity contribution in [2.75, 3.05) is 19.7 Å². The summed E-state index contributed by atoms with van der Waals surface area (Å²) < 4.78 is 11.2. The third-order valence-corrected chi connectivity index (χ3v) is 3.41. The molecule has 116 valence electrons. The van der Waals surface area contributed by atoms with E-state index in [1.807, 2.05) is 52.0 Å². The molecule has 0 N–H and O–H groups in total. The van der Waals surface area contributed by atoms with Gasteiger partial charge in [-0.15, -0.1) is 0 Å². The van der Waals surface area contributed by atoms with Crippen molar-refractivity contribution in [2.24, 2.45) is 5.92 Å². The normalized spacial score (nSPS) is 18.7. The van der Waals surface area contributed by atoms with Crippen LogP contribution in [0.1, 0.15) is 32.8 Å². The van der Waals surface area contributed by atoms with Gasteiger partial charge in [-0.05, 0) is 51.8 Å². The maximum atomic E-state index is 12.0. The summed E-state index contributed by atoms with van der Waals surface area (Å²) in [7, 11) is 0. The van der Waals surface area contributed by atoms with Crippen LogP contribution in [-0.4, -0.2) is 36.3 Å². The van der Waals surface area contributed by atoms with Crippen molar-refractivity contribution in [3.8, 4) is 5.75 Å². The molecule has 0 unspecified atom stereocenters. The lowest BCUT2D eigenvalue weighted by Gasteiger charge is -2.24. The smallest absolute Gasteiger partial charge is 0.410 e. The average molecular weight is 291 g/mol. The standard InChI is InChI=1S/C17H25NO3/c1-13-6-5-7-15(10-13)20-12-14-8-9-18(11-14)16(19)21-17(2,3)4/h5-7,10,14H,8-9,11-12H2,1-4H3/t14-/m0/s1. The summed E-state index contributed by atoms with van der Waals surface area (Å²) in [4.78, 5) is 13.8. The van der Waals surface area contributed by atoms with E-state index in [2.05, 4.69) is 0 Å². The van der Waals surface area contributed by atoms with Crippen LogP contribution >= 0.6 is 0 Å². The maximum absolute atomic E-state index is 12.0. The molecule has 1 aromatic carbocycles. The van der Waals surface area contributed by atoms with Crippen LogP contribution in [0.4, 0.5) is 4.79 Å². The molecule has 1 aliphatic heterocycles. The first-order valence-electron chi connectivity index (χ1n) is 7.51. The van der Waals surface area contributed by atoms with Crippen molar-refractivity contribution in [3.63, 3.8) is 0 Å². The first-order chi connectivity index (χ1) is 9.83. The molecule has 21 heavy (non-hydrogen) atoms. The Morgan fingerprint density at radius 1 is 1.38 bits per heavy atom. The van der Waals surface area contributed by atoms with E-state index in [9.17, 15) is 4.79 Å². The molecule has 0 aliphatic carbocycles. The monoisotopic (exact) mass is 291 g/mol. The van der Waals surface area contributed by atoms with Gasteiger partial charge in [-0.3, -0.25) is 0 Å². The molecule has 0 bridgehead atoms. The fourth-order valence-electron chi connectivity index (χ4n) is 2.38. The fraction of sp³-hybridized carbons (Fsp3) is 0.588. The minimum absolute atomic E-state index is 0.222. The van der Waals surface area contributed by atoms with Gasteiger partial charge >= 0.3 is 6.09 Å². The summed E-state index contributed by atoms with van der Waals surface area (Å²) in [5.74, 6) is 1.27. The number of hydrogen-bond donors (Lipinski definition) is 0. The third-order valence-electron chi connectivity index (χ3n) is 3.41. The van der Waals surface area contributed by atoms with Crippen molar-refractivity contribution in [1.82, 2.24) is 4.90 Å². The minimum Gasteiger partial charge on any atom is -0.493 e. The molecule has 1 amide bonds. The largest absolute Gasteiger partial charge is 0.493 e. The van der Waals surface area contributed by atoms with E-state index >= 15 is 0 Å². The Balaban J connectivity index is 1.79. The average Bonchev–Trinajstić information content (AvgIpc) is 2.83. The predicted molar refractivity (Wildman–Crippen MR) is 82.6 cm³/mol. The number of benzene rings is 1. The Hall–Kier alpha value is -1.71. The molecule has 4 heteroatoms. The van der Waals surface area contributed by atoms with E-state index in [4.69, 9.17) is 9.47 Å². The second kappa shape index (κ2) is 6.37. The Labute approximate surface area is 127 Å². The third kappa shape index (κ3) is 4.96. The predicted octanol–water partition coefficient (Wildman–Crippen LogP) is 3.63. The fourth-order valence-corrected chi connectivity index (χ4v) is 2.38. The topological polar surface area (TPSA) is 38.8 Å². The van der Waals surface area contributed by atoms with E-state index in [0.29, 0.717) is 19.1 Å². The van der Waals surface area contributed by atoms with Crippen molar-refractivity contribution in [2.45, 2.75) is 39.7 Å². The molecule has 0 spiro atoms. The lowest BCUT2D eigenvalue weighted by molar-refractivity contribution is 0.0285. The van der Waals surface area contributed by atoms with Crippen LogP contribution in [0.15, 0.2) is 24.3 Å². The van der Waals surface area contributed by atoms with Gasteiger partial charge in [0.25, 0.3) is 0 Å². The van der Waals surface area contributed by atoms with Gasteiger partial charge in [0, 0.05) is 19.0 Å². The van der Waals surface area contributed by atoms with E-state index in [0.717, 1.165) is 18.7 Å². The van der Waals surface area contributed by atoms with Crippen LogP contribution in [-0.2, 0) is 4.74 Å². The van der Waals surface area contributed by atoms with Crippen molar-refractivity contribution >= 4 is 6.09 Å². The number of aryl methyl sites for hydroxylation is 1. The maximum Gasteiger partial charge on any atom is 0.410 e. The Morgan fingerprint density at radius 2 is 2.14 bits per heavy atom. The molecule has 1 aliphatic rings. The summed E-state index contributed by atoms with van der Waals surface area (Å²) >= 11 is 0. The molecule has 1 saturated heterocycles. The SMILES string of the molecule is Cc1cccc(OC[C@H]2CCN(C(=O)OC(C)(C)C)C2)c1. The molecular formula is C17H25NO3. The van der Waals surface area contributed by atoms with Gasteiger partial charge in [0.05, 0.1) is 6.61 Å². The second-order valence-electron chi connectivity index (χ2n) is 6.71. The first-order valence-corrected chi connectivity index (χ1v) is 7.51. The minimum atomic E-state index is -0.437. The number of hydrogen-bond acceptors (Lipinski definition) is 3. The number of rotatable bonds is 3. The van der Waals surface area contributed by atoms with E-state index in [1.165, 1.54) is 5.56 Å². The quantitative estimate of drug-likeness (QED) is 0.853. The number of carbonyl (C=O) groups excluding carboxylic acids is 1. The second-order valence-corrected chi connectivity index (χ2v) is 6.71. The highest BCUT2D eigenvalue weighted by Gasteiger charge is 2.30. The summed E-state index contributed by atoms with van der Waals surface area (Å²) in [6.07, 6.45) is 0.742. The van der Waals surface area contributed by atoms with Gasteiger partial charge in [-0.2, -0.15) is 0 Å². The molecule has 0 aromatic heterocycles. The highest BCUT2D eigenvalue weighted by molar-refractivity contribution is 5.68. The Bertz CT molecular complexity index is 493. The van der Waals surface area contributed by atoms with E-state index in [-0.39, 0.29) is 6.09 Å². The lowest BCUT2D eigenvalue weighted by atomic mass is 10.1. The van der Waals surface area contributed by atoms with E-state index in [1.54, 1.807) is 4.90 Å². The lowest BCUT2D eigenvalue weighted by Crippen LogP contribution is -2.35. The van der Waals surface area contributed by atoms with Gasteiger partial charge in [-0.1, -0.05) is 12.1 Å². The molecule has 4 nitrogen and oxygen atoms in total. The molecule has 0 radical (unpaired) electrons. The van der Waals surface area contributed by atoms with Gasteiger partial charge in [0.1, 0.15) is 11.4 Å².